The summed E-state index contributed by atoms with van der Waals surface area (Å²) < 4.78 is 167. The number of anilines is 4. The lowest BCUT2D eigenvalue weighted by molar-refractivity contribution is -0.119. The van der Waals surface area contributed by atoms with Crippen molar-refractivity contribution in [1.82, 2.24) is 4.98 Å². The zero-order valence-corrected chi connectivity index (χ0v) is 95.7. The molecule has 10 aromatic carbocycles. The molecule has 4 aliphatic rings. The fourth-order valence-corrected chi connectivity index (χ4v) is 23.7. The van der Waals surface area contributed by atoms with Gasteiger partial charge in [-0.1, -0.05) is 206 Å². The molecule has 4 fully saturated rings. The number of nitrogens with zero attached hydrogens (tertiary/aromatic N) is 5. The number of aromatic nitrogens is 1. The summed E-state index contributed by atoms with van der Waals surface area (Å²) in [6, 6.07) is 76.4. The van der Waals surface area contributed by atoms with Gasteiger partial charge in [0.1, 0.15) is 28.9 Å². The van der Waals surface area contributed by atoms with Gasteiger partial charge in [0.2, 0.25) is 0 Å². The first-order valence-corrected chi connectivity index (χ1v) is 61.3. The van der Waals surface area contributed by atoms with E-state index in [9.17, 15) is 60.5 Å². The van der Waals surface area contributed by atoms with E-state index in [1.165, 1.54) is 73.6 Å². The third-order valence-electron chi connectivity index (χ3n) is 28.0. The van der Waals surface area contributed by atoms with Crippen LogP contribution in [0.1, 0.15) is 248 Å². The lowest BCUT2D eigenvalue weighted by atomic mass is 9.97. The van der Waals surface area contributed by atoms with E-state index >= 15 is 0 Å². The molecular weight excluding hydrogens is 1990 g/mol. The number of aryl methyl sites for hydroxylation is 12. The van der Waals surface area contributed by atoms with E-state index < -0.39 is 75.6 Å². The standard InChI is InChI=1S/C26H37NO3S.C26H28O3S.C24H31F2NO3S.C24H31NO3S.C23H32N2O3S/c1-18(2)31(28,29)17-24-10-7-23(8-11-24)9-12-25-13-19(3)26(20(4)14-25)27-15-21(5)30-22(6)16-27;1-26(2,3)30(28,29)19-22-13-11-20(12-14-22)9-10-21-15-17-24(18-16-21)25(27)23-7-5-4-6-8-23;1-16(2)31(28,29)15-20-8-5-19(6-9-20)7-10-21-11-22(25)24(23(26)12-21)27-13-17(3)30-18(4)14-27;1-24(2,3)29(27,28)18-21-8-6-19(7-9-21)4-5-20-10-12-22(13-11-20)25-16-14-23(26)15-17-25;1-17(2)29(26,27)16-22-9-6-20(7-10-22)5-8-21-11-12-23(24-13-21)25-14-18(3)28-19(4)15-25/h7-8,10-11,13-14,18,21-22H,9,12,15-17H2,1-6H3;4-8,11-18H,9-10,19H2,1-3H3;5-6,8-9,11-12,16-18H,7,10,13-15H2,1-4H3;6-13H,4-5,14-18H2,1-3H3;6-7,9-13,17-19H,5,8,14-16H2,1-4H3/t21-,22+;;17-,18+;;18-,19+. The van der Waals surface area contributed by atoms with Crippen molar-refractivity contribution in [1.29, 1.82) is 0 Å². The summed E-state index contributed by atoms with van der Waals surface area (Å²) in [5, 5.41) is -1.10. The monoisotopic (exact) mass is 2140 g/mol. The first kappa shape index (κ1) is 120. The van der Waals surface area contributed by atoms with Crippen LogP contribution in [0.5, 0.6) is 0 Å². The van der Waals surface area contributed by atoms with E-state index in [1.54, 1.807) is 100 Å². The van der Waals surface area contributed by atoms with Crippen LogP contribution in [-0.4, -0.2) is 173 Å². The average molecular weight is 2150 g/mol. The number of carbonyl (C=O) groups excluding carboxylic acids is 2. The summed E-state index contributed by atoms with van der Waals surface area (Å²) in [5.74, 6) is 0.680. The van der Waals surface area contributed by atoms with Crippen molar-refractivity contribution in [3.63, 3.8) is 0 Å². The van der Waals surface area contributed by atoms with E-state index in [4.69, 9.17) is 14.2 Å². The molecule has 5 heterocycles. The first-order valence-electron chi connectivity index (χ1n) is 52.9. The fraction of sp³-hybridized carbons (Fsp3) is 0.455. The summed E-state index contributed by atoms with van der Waals surface area (Å²) >= 11 is 0. The molecule has 1 aromatic heterocycles. The van der Waals surface area contributed by atoms with Crippen molar-refractivity contribution in [3.8, 4) is 0 Å². The van der Waals surface area contributed by atoms with Gasteiger partial charge in [0, 0.05) is 93.9 Å². The number of ketones is 2. The SMILES string of the molecule is CC(C)(C)S(=O)(=O)Cc1ccc(CCc2ccc(C(=O)c3ccccc3)cc2)cc1.CC(C)(C)S(=O)(=O)Cc1ccc(CCc2ccc(N3CCC(=O)CC3)cc2)cc1.CC(C)S(=O)(=O)Cc1ccc(CCc2cc(F)c(N3C[C@@H](C)O[C@@H](C)C3)c(F)c2)cc1.CC(C)S(=O)(=O)Cc1ccc(CCc2ccc(N3C[C@@H](C)O[C@@H](C)C3)nc2)cc1.Cc1cc(CCc2ccc(CS(=O)(=O)C(C)C)cc2)cc(C)c1N1C[C@@H](C)O[C@@H](C)C1. The molecule has 4 aliphatic heterocycles. The molecule has 4 saturated heterocycles. The summed E-state index contributed by atoms with van der Waals surface area (Å²) in [4.78, 5) is 37.3. The Morgan fingerprint density at radius 2 is 0.587 bits per heavy atom. The van der Waals surface area contributed by atoms with Gasteiger partial charge in [-0.3, -0.25) is 9.59 Å². The number of Topliss-reactive ketones (excluding diaryl/α,β-unsaturated/α-hetero) is 1. The van der Waals surface area contributed by atoms with Gasteiger partial charge in [-0.2, -0.15) is 0 Å². The molecule has 0 spiro atoms. The normalized spacial score (nSPS) is 17.5. The Balaban J connectivity index is 0.000000178. The molecule has 0 bridgehead atoms. The number of hydrogen-bond acceptors (Lipinski definition) is 20. The Morgan fingerprint density at radius 1 is 0.327 bits per heavy atom. The molecule has 150 heavy (non-hydrogen) atoms. The van der Waals surface area contributed by atoms with E-state index in [2.05, 4.69) is 122 Å². The van der Waals surface area contributed by atoms with Crippen molar-refractivity contribution in [2.75, 3.05) is 72.0 Å². The summed E-state index contributed by atoms with van der Waals surface area (Å²) in [6.45, 7) is 43.5. The number of benzene rings is 10. The topological polar surface area (TPSA) is 258 Å². The molecule has 20 nitrogen and oxygen atoms in total. The predicted octanol–water partition coefficient (Wildman–Crippen LogP) is 23.3. The van der Waals surface area contributed by atoms with Gasteiger partial charge in [-0.15, -0.1) is 0 Å². The molecule has 11 aromatic rings. The van der Waals surface area contributed by atoms with E-state index in [0.717, 1.165) is 135 Å². The molecule has 15 rings (SSSR count). The smallest absolute Gasteiger partial charge is 0.193 e. The fourth-order valence-electron chi connectivity index (χ4n) is 18.6. The molecule has 0 N–H and O–H groups in total. The minimum atomic E-state index is -3.18. The van der Waals surface area contributed by atoms with Crippen molar-refractivity contribution in [2.45, 2.75) is 306 Å². The van der Waals surface area contributed by atoms with Crippen LogP contribution in [0.25, 0.3) is 0 Å². The second kappa shape index (κ2) is 53.8. The van der Waals surface area contributed by atoms with Crippen LogP contribution in [0.3, 0.4) is 0 Å². The molecule has 810 valence electrons. The second-order valence-corrected chi connectivity index (χ2v) is 57.1. The van der Waals surface area contributed by atoms with Crippen molar-refractivity contribution >= 4 is 83.6 Å². The quantitative estimate of drug-likeness (QED) is 0.0339. The zero-order valence-electron chi connectivity index (χ0n) is 91.6. The van der Waals surface area contributed by atoms with Crippen molar-refractivity contribution < 1.29 is 74.7 Å². The van der Waals surface area contributed by atoms with E-state index in [-0.39, 0.29) is 87.4 Å². The third kappa shape index (κ3) is 36.3. The highest BCUT2D eigenvalue weighted by Crippen LogP contribution is 2.34. The van der Waals surface area contributed by atoms with Crippen LogP contribution in [-0.2, 0) is 161 Å². The molecule has 0 radical (unpaired) electrons. The number of carbonyl (C=O) groups is 2. The second-order valence-electron chi connectivity index (χ2n) is 44.0. The van der Waals surface area contributed by atoms with Gasteiger partial charge in [0.25, 0.3) is 0 Å². The highest BCUT2D eigenvalue weighted by molar-refractivity contribution is 7.92. The summed E-state index contributed by atoms with van der Waals surface area (Å²) in [6.07, 6.45) is 12.5. The molecule has 6 atom stereocenters. The van der Waals surface area contributed by atoms with Crippen LogP contribution in [0.4, 0.5) is 31.7 Å². The molecule has 0 aliphatic carbocycles. The summed E-state index contributed by atoms with van der Waals surface area (Å²) in [7, 11) is -15.6. The number of ether oxygens (including phenoxy) is 3. The Morgan fingerprint density at radius 3 is 0.893 bits per heavy atom. The van der Waals surface area contributed by atoms with Gasteiger partial charge in [-0.05, 0) is 328 Å². The Labute approximate surface area is 895 Å². The lowest BCUT2D eigenvalue weighted by Gasteiger charge is -2.38. The first-order chi connectivity index (χ1) is 70.6. The maximum Gasteiger partial charge on any atom is 0.193 e. The zero-order chi connectivity index (χ0) is 109. The lowest BCUT2D eigenvalue weighted by Crippen LogP contribution is -2.46. The number of hydrogen-bond donors (Lipinski definition) is 0. The number of morpholine rings is 3. The molecular formula is C123H159F2N5O15S5. The summed E-state index contributed by atoms with van der Waals surface area (Å²) in [5.41, 5.74) is 22.1. The van der Waals surface area contributed by atoms with Gasteiger partial charge in [0.05, 0.1) is 90.6 Å². The number of halogens is 2. The Hall–Kier alpha value is -10.6. The van der Waals surface area contributed by atoms with Crippen LogP contribution in [0.2, 0.25) is 0 Å². The van der Waals surface area contributed by atoms with Gasteiger partial charge in [-0.25, -0.2) is 55.9 Å². The maximum atomic E-state index is 14.8. The van der Waals surface area contributed by atoms with Gasteiger partial charge < -0.3 is 33.8 Å². The van der Waals surface area contributed by atoms with Gasteiger partial charge in [0.15, 0.2) is 55.0 Å². The van der Waals surface area contributed by atoms with Crippen LogP contribution in [0.15, 0.2) is 243 Å². The number of rotatable bonds is 34. The van der Waals surface area contributed by atoms with Crippen LogP contribution < -0.4 is 19.6 Å². The highest BCUT2D eigenvalue weighted by Gasteiger charge is 2.34. The Bertz CT molecular complexity index is 6600. The predicted molar refractivity (Wildman–Crippen MR) is 610 cm³/mol. The van der Waals surface area contributed by atoms with Crippen LogP contribution in [0, 0.1) is 25.5 Å². The van der Waals surface area contributed by atoms with Crippen molar-refractivity contribution in [2.24, 2.45) is 0 Å². The third-order valence-corrected chi connectivity index (χ3v) is 39.7. The minimum absolute atomic E-state index is 0.0152. The number of pyridine rings is 1. The molecule has 0 saturated carbocycles. The van der Waals surface area contributed by atoms with E-state index in [0.29, 0.717) is 61.2 Å². The minimum Gasteiger partial charge on any atom is -0.372 e. The number of piperidine rings is 1. The molecule has 27 heteroatoms. The molecule has 0 amide bonds. The highest BCUT2D eigenvalue weighted by atomic mass is 32.2. The van der Waals surface area contributed by atoms with Crippen molar-refractivity contribution in [3.05, 3.63) is 360 Å². The molecule has 0 unspecified atom stereocenters. The largest absolute Gasteiger partial charge is 0.372 e. The maximum absolute atomic E-state index is 14.8. The number of sulfone groups is 5. The van der Waals surface area contributed by atoms with Gasteiger partial charge >= 0.3 is 0 Å². The van der Waals surface area contributed by atoms with Crippen LogP contribution >= 0.6 is 0 Å². The average Bonchev–Trinajstić information content (AvgIpc) is 0.810. The Kier molecular flexibility index (Phi) is 42.9. The van der Waals surface area contributed by atoms with E-state index in [1.807, 2.05) is 172 Å².